The number of alkyl carbamates (subject to hydrolysis) is 1. The number of ketones is 1. The van der Waals surface area contributed by atoms with Crippen LogP contribution in [0.5, 0.6) is 0 Å². The molecule has 0 aromatic carbocycles. The molecule has 4 fully saturated rings. The van der Waals surface area contributed by atoms with Crippen LogP contribution in [0.1, 0.15) is 91.9 Å². The maximum Gasteiger partial charge on any atom is 0.408 e. The first-order valence-electron chi connectivity index (χ1n) is 16.0. The third kappa shape index (κ3) is 6.83. The molecule has 1 aliphatic heterocycles. The van der Waals surface area contributed by atoms with Crippen molar-refractivity contribution in [3.05, 3.63) is 12.7 Å². The highest BCUT2D eigenvalue weighted by Crippen LogP contribution is 2.65. The van der Waals surface area contributed by atoms with E-state index in [0.29, 0.717) is 25.3 Å². The minimum absolute atomic E-state index is 0.0311. The van der Waals surface area contributed by atoms with Gasteiger partial charge in [0.15, 0.2) is 0 Å². The molecule has 0 radical (unpaired) electrons. The summed E-state index contributed by atoms with van der Waals surface area (Å²) in [5.41, 5.74) is -0.129. The molecule has 4 rings (SSSR count). The maximum absolute atomic E-state index is 14.3. The second-order valence-electron chi connectivity index (χ2n) is 13.5. The second kappa shape index (κ2) is 13.6. The summed E-state index contributed by atoms with van der Waals surface area (Å²) >= 11 is 0. The van der Waals surface area contributed by atoms with Crippen LogP contribution in [0.3, 0.4) is 0 Å². The van der Waals surface area contributed by atoms with Crippen LogP contribution in [-0.4, -0.2) is 71.8 Å². The van der Waals surface area contributed by atoms with E-state index in [2.05, 4.69) is 43.3 Å². The van der Waals surface area contributed by atoms with Gasteiger partial charge in [-0.15, -0.1) is 6.58 Å². The van der Waals surface area contributed by atoms with Gasteiger partial charge in [0.25, 0.3) is 5.91 Å². The molecule has 1 saturated heterocycles. The maximum atomic E-state index is 14.3. The lowest BCUT2D eigenvalue weighted by Gasteiger charge is -2.37. The molecule has 234 valence electrons. The van der Waals surface area contributed by atoms with Gasteiger partial charge < -0.3 is 25.6 Å². The Labute approximate surface area is 250 Å². The van der Waals surface area contributed by atoms with Crippen LogP contribution in [0.2, 0.25) is 0 Å². The molecule has 3 N–H and O–H groups in total. The Bertz CT molecular complexity index is 1050. The molecular weight excluding hydrogens is 536 g/mol. The number of rotatable bonds is 12. The summed E-state index contributed by atoms with van der Waals surface area (Å²) in [6.07, 6.45) is 9.25. The predicted octanol–water partition coefficient (Wildman–Crippen LogP) is 3.49. The van der Waals surface area contributed by atoms with E-state index >= 15 is 0 Å². The van der Waals surface area contributed by atoms with Gasteiger partial charge in [-0.25, -0.2) is 4.79 Å². The number of likely N-dealkylation sites (tertiary alicyclic amines) is 1. The van der Waals surface area contributed by atoms with Gasteiger partial charge in [0.1, 0.15) is 18.2 Å². The van der Waals surface area contributed by atoms with Crippen molar-refractivity contribution in [1.82, 2.24) is 20.9 Å². The van der Waals surface area contributed by atoms with Crippen LogP contribution >= 0.6 is 0 Å². The third-order valence-electron chi connectivity index (χ3n) is 10.3. The zero-order chi connectivity index (χ0) is 30.6. The van der Waals surface area contributed by atoms with E-state index in [1.807, 2.05) is 6.92 Å². The molecule has 3 saturated carbocycles. The van der Waals surface area contributed by atoms with E-state index in [1.165, 1.54) is 6.08 Å². The highest BCUT2D eigenvalue weighted by molar-refractivity contribution is 6.38. The summed E-state index contributed by atoms with van der Waals surface area (Å²) in [6.45, 7) is 12.3. The summed E-state index contributed by atoms with van der Waals surface area (Å²) in [6, 6.07) is -2.54. The number of amides is 4. The summed E-state index contributed by atoms with van der Waals surface area (Å²) in [4.78, 5) is 68.2. The third-order valence-corrected chi connectivity index (χ3v) is 10.3. The molecule has 1 heterocycles. The molecular formula is C32H50N4O6. The first-order valence-corrected chi connectivity index (χ1v) is 16.0. The van der Waals surface area contributed by atoms with Crippen LogP contribution < -0.4 is 16.0 Å². The van der Waals surface area contributed by atoms with E-state index < -0.39 is 41.8 Å². The Morgan fingerprint density at radius 2 is 1.74 bits per heavy atom. The van der Waals surface area contributed by atoms with E-state index in [-0.39, 0.29) is 41.7 Å². The first kappa shape index (κ1) is 32.0. The fraction of sp³-hybridized carbons (Fsp3) is 0.781. The van der Waals surface area contributed by atoms with Gasteiger partial charge in [-0.05, 0) is 67.6 Å². The van der Waals surface area contributed by atoms with Crippen LogP contribution in [-0.2, 0) is 23.9 Å². The number of carbonyl (C=O) groups excluding carboxylic acids is 5. The molecule has 42 heavy (non-hydrogen) atoms. The van der Waals surface area contributed by atoms with Crippen molar-refractivity contribution in [3.63, 3.8) is 0 Å². The lowest BCUT2D eigenvalue weighted by atomic mass is 9.83. The number of nitrogens with zero attached hydrogens (tertiary/aromatic N) is 1. The Balaban J connectivity index is 1.52. The summed E-state index contributed by atoms with van der Waals surface area (Å²) < 4.78 is 5.77. The van der Waals surface area contributed by atoms with Crippen molar-refractivity contribution < 1.29 is 28.7 Å². The van der Waals surface area contributed by atoms with Crippen molar-refractivity contribution in [2.45, 2.75) is 116 Å². The van der Waals surface area contributed by atoms with Crippen LogP contribution in [0.15, 0.2) is 12.7 Å². The van der Waals surface area contributed by atoms with Gasteiger partial charge in [-0.2, -0.15) is 0 Å². The van der Waals surface area contributed by atoms with Crippen LogP contribution in [0, 0.1) is 29.1 Å². The van der Waals surface area contributed by atoms with Crippen molar-refractivity contribution in [3.8, 4) is 0 Å². The minimum Gasteiger partial charge on any atom is -0.446 e. The molecule has 5 unspecified atom stereocenters. The number of Topliss-reactive ketones (excluding diaryl/α,β-unsaturated/α-hetero) is 1. The largest absolute Gasteiger partial charge is 0.446 e. The average molecular weight is 587 g/mol. The molecule has 4 aliphatic rings. The van der Waals surface area contributed by atoms with E-state index in [4.69, 9.17) is 4.74 Å². The molecule has 4 amide bonds. The van der Waals surface area contributed by atoms with Crippen molar-refractivity contribution in [2.75, 3.05) is 13.1 Å². The highest BCUT2D eigenvalue weighted by Gasteiger charge is 2.69. The topological polar surface area (TPSA) is 134 Å². The molecule has 10 nitrogen and oxygen atoms in total. The number of hydrogen-bond donors (Lipinski definition) is 3. The molecule has 0 spiro atoms. The Kier molecular flexibility index (Phi) is 10.4. The zero-order valence-corrected chi connectivity index (χ0v) is 25.8. The monoisotopic (exact) mass is 586 g/mol. The smallest absolute Gasteiger partial charge is 0.408 e. The van der Waals surface area contributed by atoms with Gasteiger partial charge in [0.05, 0.1) is 6.04 Å². The Morgan fingerprint density at radius 1 is 1.02 bits per heavy atom. The van der Waals surface area contributed by atoms with E-state index in [1.54, 1.807) is 4.90 Å². The van der Waals surface area contributed by atoms with Crippen molar-refractivity contribution in [2.24, 2.45) is 29.1 Å². The SMILES string of the molecule is C=CCNC(=O)C(=O)C(CCC)NC(=O)C1[C@H]2[C@@H](CN1C(=O)C(NC(=O)OC1CCCC1C)C1CCCCC1)C2(C)C. The number of piperidine rings is 1. The second-order valence-corrected chi connectivity index (χ2v) is 13.5. The molecule has 0 aromatic rings. The normalized spacial score (nSPS) is 29.5. The van der Waals surface area contributed by atoms with E-state index in [0.717, 1.165) is 51.4 Å². The summed E-state index contributed by atoms with van der Waals surface area (Å²) in [5.74, 6) is -1.82. The van der Waals surface area contributed by atoms with Crippen LogP contribution in [0.4, 0.5) is 4.79 Å². The molecule has 0 aromatic heterocycles. The number of ether oxygens (including phenoxy) is 1. The van der Waals surface area contributed by atoms with Crippen molar-refractivity contribution in [1.29, 1.82) is 0 Å². The first-order chi connectivity index (χ1) is 20.0. The molecule has 7 atom stereocenters. The fourth-order valence-electron chi connectivity index (χ4n) is 7.65. The molecule has 10 heteroatoms. The van der Waals surface area contributed by atoms with Gasteiger partial charge in [-0.1, -0.05) is 59.5 Å². The van der Waals surface area contributed by atoms with Crippen molar-refractivity contribution >= 4 is 29.6 Å². The average Bonchev–Trinajstić information content (AvgIpc) is 3.30. The van der Waals surface area contributed by atoms with Crippen LogP contribution in [0.25, 0.3) is 0 Å². The van der Waals surface area contributed by atoms with Gasteiger partial charge in [0.2, 0.25) is 17.6 Å². The van der Waals surface area contributed by atoms with Gasteiger partial charge in [0, 0.05) is 13.1 Å². The highest BCUT2D eigenvalue weighted by atomic mass is 16.6. The lowest BCUT2D eigenvalue weighted by Crippen LogP contribution is -2.59. The number of nitrogens with one attached hydrogen (secondary N) is 3. The van der Waals surface area contributed by atoms with Gasteiger partial charge >= 0.3 is 6.09 Å². The Hall–Kier alpha value is -2.91. The summed E-state index contributed by atoms with van der Waals surface area (Å²) in [7, 11) is 0. The number of hydrogen-bond acceptors (Lipinski definition) is 6. The van der Waals surface area contributed by atoms with Gasteiger partial charge in [-0.3, -0.25) is 19.2 Å². The quantitative estimate of drug-likeness (QED) is 0.237. The minimum atomic E-state index is -0.985. The molecule has 3 aliphatic carbocycles. The number of carbonyl (C=O) groups is 5. The predicted molar refractivity (Wildman–Crippen MR) is 158 cm³/mol. The van der Waals surface area contributed by atoms with E-state index in [9.17, 15) is 24.0 Å². The fourth-order valence-corrected chi connectivity index (χ4v) is 7.65. The molecule has 0 bridgehead atoms. The standard InChI is InChI=1S/C32H50N4O6/c1-6-12-22(27(37)29(39)33-17-7-2)34-28(38)26-24-21(32(24,4)5)18-36(26)30(40)25(20-14-9-8-10-15-20)35-31(41)42-23-16-11-13-19(23)3/h7,19-26H,2,6,8-18H2,1,3-5H3,(H,33,39)(H,34,38)(H,35,41)/t19?,21-,22?,23?,24-,25?,26?/m1/s1. The lowest BCUT2D eigenvalue weighted by molar-refractivity contribution is -0.145. The Morgan fingerprint density at radius 3 is 2.36 bits per heavy atom. The number of fused-ring (bicyclic) bond motifs is 1. The summed E-state index contributed by atoms with van der Waals surface area (Å²) in [5, 5.41) is 8.26. The zero-order valence-electron chi connectivity index (χ0n) is 25.8.